The van der Waals surface area contributed by atoms with Crippen LogP contribution < -0.4 is 16.0 Å². The highest BCUT2D eigenvalue weighted by Gasteiger charge is 2.23. The van der Waals surface area contributed by atoms with Crippen LogP contribution in [0.5, 0.6) is 0 Å². The minimum absolute atomic E-state index is 0.223. The lowest BCUT2D eigenvalue weighted by atomic mass is 9.95. The summed E-state index contributed by atoms with van der Waals surface area (Å²) in [4.78, 5) is 24.6. The molecule has 144 valence electrons. The van der Waals surface area contributed by atoms with Gasteiger partial charge in [0.05, 0.1) is 0 Å². The van der Waals surface area contributed by atoms with Crippen molar-refractivity contribution >= 4 is 17.7 Å². The fourth-order valence-corrected chi connectivity index (χ4v) is 3.48. The topological polar surface area (TPSA) is 86.9 Å². The van der Waals surface area contributed by atoms with Crippen LogP contribution >= 0.6 is 0 Å². The van der Waals surface area contributed by atoms with E-state index in [-0.39, 0.29) is 5.91 Å². The van der Waals surface area contributed by atoms with Crippen molar-refractivity contribution in [3.63, 3.8) is 0 Å². The van der Waals surface area contributed by atoms with Crippen LogP contribution in [0, 0.1) is 5.92 Å². The maximum Gasteiger partial charge on any atom is 0.217 e. The number of rotatable bonds is 7. The number of piperidine rings is 1. The first-order valence-corrected chi connectivity index (χ1v) is 9.51. The molecule has 1 aromatic rings. The molecule has 1 fully saturated rings. The fraction of sp³-hybridized carbons (Fsp3) is 0.632. The molecule has 1 aliphatic rings. The second-order valence-corrected chi connectivity index (χ2v) is 6.72. The number of nitrogens with two attached hydrogens (primary N) is 1. The Kier molecular flexibility index (Phi) is 7.69. The lowest BCUT2D eigenvalue weighted by Crippen LogP contribution is -2.46. The minimum Gasteiger partial charge on any atom is -0.370 e. The monoisotopic (exact) mass is 360 g/mol. The molecule has 7 heteroatoms. The summed E-state index contributed by atoms with van der Waals surface area (Å²) in [6, 6.07) is 4.17. The lowest BCUT2D eigenvalue weighted by molar-refractivity contribution is -0.119. The predicted molar refractivity (Wildman–Crippen MR) is 106 cm³/mol. The SMILES string of the molecule is CCN(CC)c1ccc(CNC(=NC)N2CCCC(CC(N)=O)C2)cn1. The number of nitrogens with one attached hydrogen (secondary N) is 1. The molecule has 0 spiro atoms. The molecule has 0 radical (unpaired) electrons. The molecule has 0 aliphatic carbocycles. The Bertz CT molecular complexity index is 597. The van der Waals surface area contributed by atoms with Gasteiger partial charge in [-0.15, -0.1) is 0 Å². The van der Waals surface area contributed by atoms with E-state index in [4.69, 9.17) is 5.73 Å². The molecule has 1 amide bonds. The number of aromatic nitrogens is 1. The van der Waals surface area contributed by atoms with Crippen LogP contribution in [0.4, 0.5) is 5.82 Å². The Balaban J connectivity index is 1.91. The number of hydrogen-bond donors (Lipinski definition) is 2. The summed E-state index contributed by atoms with van der Waals surface area (Å²) in [5.41, 5.74) is 6.47. The Hall–Kier alpha value is -2.31. The zero-order valence-corrected chi connectivity index (χ0v) is 16.2. The zero-order valence-electron chi connectivity index (χ0n) is 16.2. The van der Waals surface area contributed by atoms with E-state index in [1.165, 1.54) is 0 Å². The number of likely N-dealkylation sites (tertiary alicyclic amines) is 1. The summed E-state index contributed by atoms with van der Waals surface area (Å²) < 4.78 is 0. The van der Waals surface area contributed by atoms with E-state index < -0.39 is 0 Å². The maximum absolute atomic E-state index is 11.2. The number of primary amides is 1. The second-order valence-electron chi connectivity index (χ2n) is 6.72. The van der Waals surface area contributed by atoms with Gasteiger partial charge in [-0.25, -0.2) is 4.98 Å². The number of amides is 1. The highest BCUT2D eigenvalue weighted by molar-refractivity contribution is 5.80. The van der Waals surface area contributed by atoms with Crippen molar-refractivity contribution < 1.29 is 4.79 Å². The second kappa shape index (κ2) is 9.99. The summed E-state index contributed by atoms with van der Waals surface area (Å²) in [6.45, 7) is 8.62. The van der Waals surface area contributed by atoms with Crippen molar-refractivity contribution in [1.82, 2.24) is 15.2 Å². The fourth-order valence-electron chi connectivity index (χ4n) is 3.48. The van der Waals surface area contributed by atoms with Gasteiger partial charge < -0.3 is 20.9 Å². The van der Waals surface area contributed by atoms with Gasteiger partial charge in [0.2, 0.25) is 5.91 Å². The van der Waals surface area contributed by atoms with Crippen molar-refractivity contribution in [1.29, 1.82) is 0 Å². The molecule has 1 saturated heterocycles. The Labute approximate surface area is 156 Å². The Morgan fingerprint density at radius 2 is 2.19 bits per heavy atom. The van der Waals surface area contributed by atoms with Gasteiger partial charge in [0.1, 0.15) is 5.82 Å². The summed E-state index contributed by atoms with van der Waals surface area (Å²) in [6.07, 6.45) is 4.47. The number of guanidine groups is 1. The van der Waals surface area contributed by atoms with Gasteiger partial charge in [0.25, 0.3) is 0 Å². The van der Waals surface area contributed by atoms with Crippen LogP contribution in [0.2, 0.25) is 0 Å². The lowest BCUT2D eigenvalue weighted by Gasteiger charge is -2.34. The average molecular weight is 361 g/mol. The molecule has 0 bridgehead atoms. The highest BCUT2D eigenvalue weighted by atomic mass is 16.1. The molecule has 26 heavy (non-hydrogen) atoms. The average Bonchev–Trinajstić information content (AvgIpc) is 2.64. The van der Waals surface area contributed by atoms with E-state index in [2.05, 4.69) is 51.1 Å². The van der Waals surface area contributed by atoms with Gasteiger partial charge in [-0.3, -0.25) is 9.79 Å². The number of carbonyl (C=O) groups is 1. The first kappa shape index (κ1) is 20.0. The van der Waals surface area contributed by atoms with Gasteiger partial charge in [-0.05, 0) is 44.2 Å². The zero-order chi connectivity index (χ0) is 18.9. The molecule has 1 aromatic heterocycles. The molecule has 7 nitrogen and oxygen atoms in total. The third-order valence-electron chi connectivity index (χ3n) is 4.87. The van der Waals surface area contributed by atoms with E-state index in [9.17, 15) is 4.79 Å². The summed E-state index contributed by atoms with van der Waals surface area (Å²) in [7, 11) is 1.79. The van der Waals surface area contributed by atoms with E-state index in [0.29, 0.717) is 18.9 Å². The van der Waals surface area contributed by atoms with Crippen LogP contribution in [-0.4, -0.2) is 55.0 Å². The van der Waals surface area contributed by atoms with Gasteiger partial charge in [0.15, 0.2) is 5.96 Å². The standard InChI is InChI=1S/C19H32N6O/c1-4-24(5-2)18-9-8-16(12-22-18)13-23-19(21-3)25-10-6-7-15(14-25)11-17(20)26/h8-9,12,15H,4-7,10-11,13-14H2,1-3H3,(H2,20,26)(H,21,23). The minimum atomic E-state index is -0.223. The number of aliphatic imine (C=N–C) groups is 1. The van der Waals surface area contributed by atoms with Crippen molar-refractivity contribution in [2.75, 3.05) is 38.1 Å². The molecule has 2 rings (SSSR count). The van der Waals surface area contributed by atoms with Crippen molar-refractivity contribution in [2.45, 2.75) is 39.7 Å². The van der Waals surface area contributed by atoms with Crippen LogP contribution in [0.15, 0.2) is 23.3 Å². The van der Waals surface area contributed by atoms with Crippen LogP contribution in [0.1, 0.15) is 38.7 Å². The van der Waals surface area contributed by atoms with Crippen LogP contribution in [0.3, 0.4) is 0 Å². The Morgan fingerprint density at radius 3 is 2.77 bits per heavy atom. The molecule has 0 saturated carbocycles. The number of pyridine rings is 1. The first-order chi connectivity index (χ1) is 12.6. The number of anilines is 1. The summed E-state index contributed by atoms with van der Waals surface area (Å²) in [5, 5.41) is 3.41. The van der Waals surface area contributed by atoms with Gasteiger partial charge in [0, 0.05) is 52.4 Å². The van der Waals surface area contributed by atoms with Crippen molar-refractivity contribution in [3.05, 3.63) is 23.9 Å². The van der Waals surface area contributed by atoms with E-state index >= 15 is 0 Å². The van der Waals surface area contributed by atoms with Gasteiger partial charge >= 0.3 is 0 Å². The molecule has 1 atom stereocenters. The Morgan fingerprint density at radius 1 is 1.42 bits per heavy atom. The van der Waals surface area contributed by atoms with E-state index in [1.54, 1.807) is 7.05 Å². The number of hydrogen-bond acceptors (Lipinski definition) is 4. The van der Waals surface area contributed by atoms with Crippen molar-refractivity contribution in [2.24, 2.45) is 16.6 Å². The highest BCUT2D eigenvalue weighted by Crippen LogP contribution is 2.19. The molecule has 1 aliphatic heterocycles. The molecule has 1 unspecified atom stereocenters. The molecule has 2 heterocycles. The van der Waals surface area contributed by atoms with Crippen molar-refractivity contribution in [3.8, 4) is 0 Å². The normalized spacial score (nSPS) is 17.9. The summed E-state index contributed by atoms with van der Waals surface area (Å²) in [5.74, 6) is 1.97. The number of carbonyl (C=O) groups excluding carboxylic acids is 1. The smallest absolute Gasteiger partial charge is 0.217 e. The van der Waals surface area contributed by atoms with E-state index in [0.717, 1.165) is 56.4 Å². The first-order valence-electron chi connectivity index (χ1n) is 9.51. The predicted octanol–water partition coefficient (Wildman–Crippen LogP) is 1.59. The molecular formula is C19H32N6O. The van der Waals surface area contributed by atoms with Gasteiger partial charge in [-0.2, -0.15) is 0 Å². The quantitative estimate of drug-likeness (QED) is 0.570. The molecule has 3 N–H and O–H groups in total. The summed E-state index contributed by atoms with van der Waals surface area (Å²) >= 11 is 0. The third-order valence-corrected chi connectivity index (χ3v) is 4.87. The van der Waals surface area contributed by atoms with Crippen LogP contribution in [-0.2, 0) is 11.3 Å². The van der Waals surface area contributed by atoms with E-state index in [1.807, 2.05) is 6.20 Å². The third kappa shape index (κ3) is 5.61. The van der Waals surface area contributed by atoms with Gasteiger partial charge in [-0.1, -0.05) is 6.07 Å². The molecule has 0 aromatic carbocycles. The number of nitrogens with zero attached hydrogens (tertiary/aromatic N) is 4. The molecular weight excluding hydrogens is 328 g/mol. The van der Waals surface area contributed by atoms with Crippen LogP contribution in [0.25, 0.3) is 0 Å². The maximum atomic E-state index is 11.2. The largest absolute Gasteiger partial charge is 0.370 e.